The molecule has 0 amide bonds. The highest BCUT2D eigenvalue weighted by Gasteiger charge is 2.44. The summed E-state index contributed by atoms with van der Waals surface area (Å²) in [6, 6.07) is 29.7. The highest BCUT2D eigenvalue weighted by atomic mass is 32.2. The molecule has 3 nitrogen and oxygen atoms in total. The first-order valence-corrected chi connectivity index (χ1v) is 16.0. The van der Waals surface area contributed by atoms with Gasteiger partial charge in [-0.05, 0) is 37.5 Å². The Morgan fingerprint density at radius 2 is 1.31 bits per heavy atom. The predicted octanol–water partition coefficient (Wildman–Crippen LogP) is 6.43. The minimum atomic E-state index is -3.19. The fraction of sp³-hybridized carbons (Fsp3) is 0.419. The molecule has 2 N–H and O–H groups in total. The lowest BCUT2D eigenvalue weighted by molar-refractivity contribution is 0.0935. The lowest BCUT2D eigenvalue weighted by Crippen LogP contribution is -2.44. The van der Waals surface area contributed by atoms with Gasteiger partial charge in [0.2, 0.25) is 0 Å². The Kier molecular flexibility index (Phi) is 11.8. The summed E-state index contributed by atoms with van der Waals surface area (Å²) >= 11 is 1.61. The second kappa shape index (κ2) is 14.8. The van der Waals surface area contributed by atoms with Crippen LogP contribution >= 0.6 is 18.9 Å². The van der Waals surface area contributed by atoms with Crippen molar-refractivity contribution in [3.63, 3.8) is 0 Å². The minimum Gasteiger partial charge on any atom is -0.392 e. The maximum Gasteiger partial charge on any atom is 0.148 e. The number of hydrogen-bond acceptors (Lipinski definition) is 4. The molecule has 0 spiro atoms. The molecule has 3 aromatic carbocycles. The summed E-state index contributed by atoms with van der Waals surface area (Å²) in [5.74, 6) is 0.824. The van der Waals surface area contributed by atoms with Crippen LogP contribution in [0.3, 0.4) is 0 Å². The maximum atomic E-state index is 15.1. The maximum absolute atomic E-state index is 15.1. The summed E-state index contributed by atoms with van der Waals surface area (Å²) in [5, 5.41) is 23.8. The van der Waals surface area contributed by atoms with Gasteiger partial charge in [-0.2, -0.15) is 11.8 Å². The van der Waals surface area contributed by atoms with E-state index in [1.165, 1.54) is 5.56 Å². The van der Waals surface area contributed by atoms with E-state index in [-0.39, 0.29) is 0 Å². The molecule has 0 heterocycles. The van der Waals surface area contributed by atoms with Crippen molar-refractivity contribution in [3.05, 3.63) is 96.6 Å². The average Bonchev–Trinajstić information content (AvgIpc) is 2.92. The number of benzene rings is 3. The van der Waals surface area contributed by atoms with Crippen LogP contribution in [0.15, 0.2) is 91.0 Å². The Balaban J connectivity index is 1.89. The Morgan fingerprint density at radius 3 is 1.81 bits per heavy atom. The van der Waals surface area contributed by atoms with Gasteiger partial charge in [0.25, 0.3) is 0 Å². The molecule has 0 radical (unpaired) electrons. The van der Waals surface area contributed by atoms with Crippen molar-refractivity contribution in [2.24, 2.45) is 0 Å². The number of aliphatic hydroxyl groups is 2. The predicted molar refractivity (Wildman–Crippen MR) is 156 cm³/mol. The molecule has 3 aromatic rings. The number of unbranched alkanes of at least 4 members (excludes halogenated alkanes) is 2. The van der Waals surface area contributed by atoms with Crippen LogP contribution in [-0.2, 0) is 11.0 Å². The summed E-state index contributed by atoms with van der Waals surface area (Å²) in [4.78, 5) is 0. The molecule has 0 unspecified atom stereocenters. The zero-order valence-corrected chi connectivity index (χ0v) is 23.3. The van der Waals surface area contributed by atoms with Crippen molar-refractivity contribution in [2.45, 2.75) is 75.5 Å². The van der Waals surface area contributed by atoms with Crippen LogP contribution in [0.4, 0.5) is 0 Å². The zero-order valence-electron chi connectivity index (χ0n) is 21.6. The average molecular weight is 525 g/mol. The largest absolute Gasteiger partial charge is 0.392 e. The number of aryl methyl sites for hydroxylation is 1. The summed E-state index contributed by atoms with van der Waals surface area (Å²) in [7, 11) is -3.19. The van der Waals surface area contributed by atoms with E-state index in [9.17, 15) is 10.2 Å². The molecule has 0 aliphatic rings. The third-order valence-corrected chi connectivity index (χ3v) is 12.0. The van der Waals surface area contributed by atoms with Crippen LogP contribution in [0.25, 0.3) is 0 Å². The van der Waals surface area contributed by atoms with E-state index >= 15 is 4.57 Å². The van der Waals surface area contributed by atoms with E-state index in [0.717, 1.165) is 48.5 Å². The fourth-order valence-corrected chi connectivity index (χ4v) is 9.71. The lowest BCUT2D eigenvalue weighted by atomic mass is 10.0. The SMILES string of the molecule is CCCCC[C@@H]([C@@H](O)[C@@H](SCCCc1ccccc1)[C@@H](C)O)P(=O)(c1ccccc1)c1ccccc1. The minimum absolute atomic E-state index is 0.409. The van der Waals surface area contributed by atoms with Gasteiger partial charge in [0.05, 0.1) is 17.5 Å². The Labute approximate surface area is 221 Å². The van der Waals surface area contributed by atoms with Gasteiger partial charge in [-0.1, -0.05) is 117 Å². The monoisotopic (exact) mass is 524 g/mol. The number of thioether (sulfide) groups is 1. The molecule has 0 aliphatic heterocycles. The number of hydrogen-bond donors (Lipinski definition) is 2. The third-order valence-electron chi connectivity index (χ3n) is 6.82. The number of aliphatic hydroxyl groups excluding tert-OH is 2. The van der Waals surface area contributed by atoms with E-state index in [2.05, 4.69) is 31.2 Å². The van der Waals surface area contributed by atoms with E-state index in [0.29, 0.717) is 6.42 Å². The van der Waals surface area contributed by atoms with Crippen molar-refractivity contribution in [1.82, 2.24) is 0 Å². The van der Waals surface area contributed by atoms with E-state index < -0.39 is 30.3 Å². The summed E-state index contributed by atoms with van der Waals surface area (Å²) in [5.41, 5.74) is 0.831. The quantitative estimate of drug-likeness (QED) is 0.178. The fourth-order valence-electron chi connectivity index (χ4n) is 4.88. The molecule has 0 saturated heterocycles. The highest BCUT2D eigenvalue weighted by Crippen LogP contribution is 2.53. The second-order valence-corrected chi connectivity index (χ2v) is 13.8. The molecule has 4 atom stereocenters. The molecular formula is C31H41O3PS. The molecular weight excluding hydrogens is 483 g/mol. The molecule has 5 heteroatoms. The smallest absolute Gasteiger partial charge is 0.148 e. The Hall–Kier alpha value is -1.84. The van der Waals surface area contributed by atoms with Crippen LogP contribution < -0.4 is 10.6 Å². The van der Waals surface area contributed by atoms with Crippen LogP contribution in [0, 0.1) is 0 Å². The third kappa shape index (κ3) is 7.59. The molecule has 36 heavy (non-hydrogen) atoms. The van der Waals surface area contributed by atoms with Gasteiger partial charge in [0.1, 0.15) is 7.14 Å². The van der Waals surface area contributed by atoms with Gasteiger partial charge in [0, 0.05) is 16.3 Å². The Morgan fingerprint density at radius 1 is 0.778 bits per heavy atom. The van der Waals surface area contributed by atoms with Crippen molar-refractivity contribution in [1.29, 1.82) is 0 Å². The first kappa shape index (κ1) is 28.7. The molecule has 194 valence electrons. The zero-order chi connectivity index (χ0) is 25.8. The normalized spacial score (nSPS) is 15.2. The molecule has 0 aromatic heterocycles. The van der Waals surface area contributed by atoms with E-state index in [1.54, 1.807) is 18.7 Å². The van der Waals surface area contributed by atoms with Crippen LogP contribution in [0.2, 0.25) is 0 Å². The van der Waals surface area contributed by atoms with Gasteiger partial charge in [-0.25, -0.2) is 0 Å². The molecule has 3 rings (SSSR count). The molecule has 0 aliphatic carbocycles. The second-order valence-electron chi connectivity index (χ2n) is 9.55. The van der Waals surface area contributed by atoms with Gasteiger partial charge in [-0.3, -0.25) is 0 Å². The molecule has 0 saturated carbocycles. The summed E-state index contributed by atoms with van der Waals surface area (Å²) in [6.07, 6.45) is 3.94. The van der Waals surface area contributed by atoms with Gasteiger partial charge < -0.3 is 14.8 Å². The first-order valence-electron chi connectivity index (χ1n) is 13.2. The van der Waals surface area contributed by atoms with Gasteiger partial charge >= 0.3 is 0 Å². The molecule has 0 bridgehead atoms. The van der Waals surface area contributed by atoms with Gasteiger partial charge in [0.15, 0.2) is 0 Å². The number of rotatable bonds is 15. The molecule has 0 fully saturated rings. The van der Waals surface area contributed by atoms with Crippen molar-refractivity contribution >= 4 is 29.5 Å². The lowest BCUT2D eigenvalue weighted by Gasteiger charge is -2.37. The van der Waals surface area contributed by atoms with E-state index in [4.69, 9.17) is 0 Å². The van der Waals surface area contributed by atoms with Crippen molar-refractivity contribution < 1.29 is 14.8 Å². The summed E-state index contributed by atoms with van der Waals surface area (Å²) < 4.78 is 15.1. The van der Waals surface area contributed by atoms with Crippen molar-refractivity contribution in [2.75, 3.05) is 5.75 Å². The highest BCUT2D eigenvalue weighted by molar-refractivity contribution is 8.00. The van der Waals surface area contributed by atoms with Crippen molar-refractivity contribution in [3.8, 4) is 0 Å². The van der Waals surface area contributed by atoms with Crippen LogP contribution in [0.1, 0.15) is 51.5 Å². The first-order chi connectivity index (χ1) is 17.5. The van der Waals surface area contributed by atoms with Crippen LogP contribution in [0.5, 0.6) is 0 Å². The summed E-state index contributed by atoms with van der Waals surface area (Å²) in [6.45, 7) is 3.90. The van der Waals surface area contributed by atoms with Crippen LogP contribution in [-0.4, -0.2) is 39.1 Å². The van der Waals surface area contributed by atoms with Gasteiger partial charge in [-0.15, -0.1) is 0 Å². The van der Waals surface area contributed by atoms with E-state index in [1.807, 2.05) is 66.7 Å². The Bertz CT molecular complexity index is 1000. The topological polar surface area (TPSA) is 57.5 Å². The standard InChI is InChI=1S/C31H41O3PS/c1-3-4-8-23-29(35(34,27-19-11-6-12-20-27)28-21-13-7-14-22-28)30(33)31(25(2)32)36-24-15-18-26-16-9-5-10-17-26/h5-7,9-14,16-17,19-22,25,29-33H,3-4,8,15,18,23-24H2,1-2H3/t25-,29+,30-,31+/m1/s1.